The quantitative estimate of drug-likeness (QED) is 0.556. The van der Waals surface area contributed by atoms with Gasteiger partial charge in [0.1, 0.15) is 12.6 Å². The number of amides is 2. The summed E-state index contributed by atoms with van der Waals surface area (Å²) in [6.45, 7) is 2.00. The van der Waals surface area contributed by atoms with Crippen molar-refractivity contribution in [1.29, 1.82) is 0 Å². The molecule has 33 heavy (non-hydrogen) atoms. The lowest BCUT2D eigenvalue weighted by Crippen LogP contribution is -2.55. The minimum absolute atomic E-state index is 0.0871. The Morgan fingerprint density at radius 2 is 1.70 bits per heavy atom. The molecule has 2 aromatic rings. The van der Waals surface area contributed by atoms with Crippen LogP contribution in [0.1, 0.15) is 49.7 Å². The fourth-order valence-corrected chi connectivity index (χ4v) is 4.63. The summed E-state index contributed by atoms with van der Waals surface area (Å²) in [5.41, 5.74) is 3.90. The zero-order chi connectivity index (χ0) is 23.4. The average Bonchev–Trinajstić information content (AvgIpc) is 3.11. The van der Waals surface area contributed by atoms with Gasteiger partial charge in [-0.05, 0) is 48.4 Å². The van der Waals surface area contributed by atoms with E-state index in [1.54, 1.807) is 0 Å². The molecule has 3 N–H and O–H groups in total. The number of allylic oxidation sites excluding steroid dienone is 1. The van der Waals surface area contributed by atoms with E-state index in [-0.39, 0.29) is 12.5 Å². The number of carboxylic acids is 1. The van der Waals surface area contributed by atoms with Crippen molar-refractivity contribution in [2.75, 3.05) is 6.61 Å². The zero-order valence-corrected chi connectivity index (χ0v) is 18.5. The monoisotopic (exact) mass is 448 g/mol. The van der Waals surface area contributed by atoms with Crippen LogP contribution < -0.4 is 10.6 Å². The van der Waals surface area contributed by atoms with Crippen LogP contribution in [0.4, 0.5) is 4.79 Å². The molecule has 2 aliphatic carbocycles. The van der Waals surface area contributed by atoms with E-state index in [4.69, 9.17) is 4.74 Å². The van der Waals surface area contributed by atoms with Gasteiger partial charge >= 0.3 is 12.1 Å². The number of ether oxygens (including phenoxy) is 1. The molecule has 2 unspecified atom stereocenters. The van der Waals surface area contributed by atoms with Crippen molar-refractivity contribution in [3.63, 3.8) is 0 Å². The molecule has 0 saturated carbocycles. The predicted molar refractivity (Wildman–Crippen MR) is 124 cm³/mol. The lowest BCUT2D eigenvalue weighted by molar-refractivity contribution is -0.140. The lowest BCUT2D eigenvalue weighted by atomic mass is 9.87. The van der Waals surface area contributed by atoms with Gasteiger partial charge in [0, 0.05) is 11.5 Å². The molecular weight excluding hydrogens is 420 g/mol. The van der Waals surface area contributed by atoms with Gasteiger partial charge in [-0.15, -0.1) is 0 Å². The van der Waals surface area contributed by atoms with Crippen LogP contribution >= 0.6 is 0 Å². The molecule has 0 heterocycles. The van der Waals surface area contributed by atoms with E-state index in [0.717, 1.165) is 35.1 Å². The molecule has 0 saturated heterocycles. The second-order valence-corrected chi connectivity index (χ2v) is 8.88. The zero-order valence-electron chi connectivity index (χ0n) is 18.5. The summed E-state index contributed by atoms with van der Waals surface area (Å²) < 4.78 is 5.48. The highest BCUT2D eigenvalue weighted by atomic mass is 16.5. The van der Waals surface area contributed by atoms with Crippen LogP contribution in [0.3, 0.4) is 0 Å². The number of hydrogen-bond donors (Lipinski definition) is 3. The molecule has 0 bridgehead atoms. The van der Waals surface area contributed by atoms with Crippen LogP contribution in [0.25, 0.3) is 11.1 Å². The third kappa shape index (κ3) is 5.08. The van der Waals surface area contributed by atoms with E-state index < -0.39 is 36.0 Å². The van der Waals surface area contributed by atoms with Gasteiger partial charge in [0.05, 0.1) is 6.42 Å². The molecule has 7 nitrogen and oxygen atoms in total. The second kappa shape index (κ2) is 9.48. The van der Waals surface area contributed by atoms with E-state index >= 15 is 0 Å². The van der Waals surface area contributed by atoms with Crippen LogP contribution in [0.2, 0.25) is 0 Å². The lowest BCUT2D eigenvalue weighted by Gasteiger charge is -2.33. The van der Waals surface area contributed by atoms with E-state index in [2.05, 4.69) is 16.7 Å². The van der Waals surface area contributed by atoms with Crippen molar-refractivity contribution in [3.05, 3.63) is 71.8 Å². The Labute approximate surface area is 192 Å². The number of carbonyl (C=O) groups is 3. The summed E-state index contributed by atoms with van der Waals surface area (Å²) in [7, 11) is 0. The van der Waals surface area contributed by atoms with Crippen LogP contribution in [0.5, 0.6) is 0 Å². The Morgan fingerprint density at radius 1 is 1.06 bits per heavy atom. The van der Waals surface area contributed by atoms with Gasteiger partial charge in [0.15, 0.2) is 0 Å². The van der Waals surface area contributed by atoms with E-state index in [1.165, 1.54) is 0 Å². The molecule has 0 aromatic heterocycles. The maximum Gasteiger partial charge on any atom is 0.407 e. The first-order valence-corrected chi connectivity index (χ1v) is 11.2. The Hall–Kier alpha value is -3.61. The standard InChI is InChI=1S/C26H28N2O5/c1-26(13-7-2-8-14-26)28-24(31)22(15-23(29)30)27-25(32)33-16-21-19-11-5-3-9-17(19)18-10-4-6-12-20(18)21/h2-7,9-12,21-22H,8,13-16H2,1H3,(H,27,32)(H,28,31)(H,29,30). The highest BCUT2D eigenvalue weighted by Crippen LogP contribution is 2.44. The Balaban J connectivity index is 1.41. The highest BCUT2D eigenvalue weighted by Gasteiger charge is 2.33. The second-order valence-electron chi connectivity index (χ2n) is 8.88. The van der Waals surface area contributed by atoms with E-state index in [9.17, 15) is 19.5 Å². The summed E-state index contributed by atoms with van der Waals surface area (Å²) >= 11 is 0. The first-order chi connectivity index (χ1) is 15.9. The van der Waals surface area contributed by atoms with Gasteiger partial charge in [-0.3, -0.25) is 9.59 Å². The van der Waals surface area contributed by atoms with Crippen molar-refractivity contribution < 1.29 is 24.2 Å². The van der Waals surface area contributed by atoms with Crippen molar-refractivity contribution in [1.82, 2.24) is 10.6 Å². The Morgan fingerprint density at radius 3 is 2.27 bits per heavy atom. The molecule has 172 valence electrons. The summed E-state index contributed by atoms with van der Waals surface area (Å²) in [4.78, 5) is 36.7. The van der Waals surface area contributed by atoms with Crippen molar-refractivity contribution >= 4 is 18.0 Å². The molecule has 2 aromatic carbocycles. The third-order valence-electron chi connectivity index (χ3n) is 6.35. The van der Waals surface area contributed by atoms with Crippen LogP contribution in [0, 0.1) is 0 Å². The first kappa shape index (κ1) is 22.6. The van der Waals surface area contributed by atoms with Crippen molar-refractivity contribution in [3.8, 4) is 11.1 Å². The fourth-order valence-electron chi connectivity index (χ4n) is 4.63. The predicted octanol–water partition coefficient (Wildman–Crippen LogP) is 3.98. The van der Waals surface area contributed by atoms with E-state index in [0.29, 0.717) is 6.42 Å². The average molecular weight is 449 g/mol. The number of carboxylic acid groups (broad SMARTS) is 1. The summed E-state index contributed by atoms with van der Waals surface area (Å²) in [6, 6.07) is 14.7. The van der Waals surface area contributed by atoms with Gasteiger partial charge < -0.3 is 20.5 Å². The number of benzene rings is 2. The smallest absolute Gasteiger partial charge is 0.407 e. The maximum atomic E-state index is 12.8. The molecular formula is C26H28N2O5. The van der Waals surface area contributed by atoms with E-state index in [1.807, 2.05) is 61.5 Å². The molecule has 2 amide bonds. The minimum Gasteiger partial charge on any atom is -0.481 e. The third-order valence-corrected chi connectivity index (χ3v) is 6.35. The number of alkyl carbamates (subject to hydrolysis) is 1. The summed E-state index contributed by atoms with van der Waals surface area (Å²) in [5.74, 6) is -1.82. The van der Waals surface area contributed by atoms with Crippen LogP contribution in [0.15, 0.2) is 60.7 Å². The molecule has 0 fully saturated rings. The number of fused-ring (bicyclic) bond motifs is 3. The fraction of sp³-hybridized carbons (Fsp3) is 0.346. The molecule has 7 heteroatoms. The normalized spacial score (nSPS) is 19.8. The highest BCUT2D eigenvalue weighted by molar-refractivity contribution is 5.89. The van der Waals surface area contributed by atoms with Gasteiger partial charge in [-0.2, -0.15) is 0 Å². The Kier molecular flexibility index (Phi) is 6.49. The largest absolute Gasteiger partial charge is 0.481 e. The number of hydrogen-bond acceptors (Lipinski definition) is 4. The molecule has 0 aliphatic heterocycles. The van der Waals surface area contributed by atoms with Gasteiger partial charge in [-0.25, -0.2) is 4.79 Å². The molecule has 2 atom stereocenters. The SMILES string of the molecule is CC1(NC(=O)C(CC(=O)O)NC(=O)OCC2c3ccccc3-c3ccccc32)CC=CCC1. The summed E-state index contributed by atoms with van der Waals surface area (Å²) in [5, 5.41) is 14.6. The van der Waals surface area contributed by atoms with Crippen molar-refractivity contribution in [2.24, 2.45) is 0 Å². The minimum atomic E-state index is -1.22. The molecule has 0 spiro atoms. The Bertz CT molecular complexity index is 1050. The first-order valence-electron chi connectivity index (χ1n) is 11.2. The number of nitrogens with one attached hydrogen (secondary N) is 2. The van der Waals surface area contributed by atoms with Crippen LogP contribution in [-0.4, -0.2) is 41.3 Å². The topological polar surface area (TPSA) is 105 Å². The maximum absolute atomic E-state index is 12.8. The molecule has 0 radical (unpaired) electrons. The van der Waals surface area contributed by atoms with Gasteiger partial charge in [-0.1, -0.05) is 60.7 Å². The number of rotatable bonds is 7. The summed E-state index contributed by atoms with van der Waals surface area (Å²) in [6.07, 6.45) is 4.95. The van der Waals surface area contributed by atoms with Crippen molar-refractivity contribution in [2.45, 2.75) is 50.1 Å². The number of carbonyl (C=O) groups excluding carboxylic acids is 2. The van der Waals surface area contributed by atoms with Gasteiger partial charge in [0.25, 0.3) is 0 Å². The molecule has 2 aliphatic rings. The van der Waals surface area contributed by atoms with Gasteiger partial charge in [0.2, 0.25) is 5.91 Å². The molecule has 4 rings (SSSR count). The van der Waals surface area contributed by atoms with Crippen LogP contribution in [-0.2, 0) is 14.3 Å². The number of aliphatic carboxylic acids is 1.